The zero-order valence-electron chi connectivity index (χ0n) is 14.2. The first-order valence-electron chi connectivity index (χ1n) is 8.26. The van der Waals surface area contributed by atoms with Gasteiger partial charge in [-0.2, -0.15) is 0 Å². The van der Waals surface area contributed by atoms with Gasteiger partial charge in [0.2, 0.25) is 5.91 Å². The molecule has 4 nitrogen and oxygen atoms in total. The average Bonchev–Trinajstić information content (AvgIpc) is 2.90. The molecule has 3 rings (SSSR count). The Morgan fingerprint density at radius 3 is 2.75 bits per heavy atom. The second-order valence-corrected chi connectivity index (χ2v) is 6.63. The van der Waals surface area contributed by atoms with E-state index in [0.29, 0.717) is 5.92 Å². The van der Waals surface area contributed by atoms with E-state index in [-0.39, 0.29) is 36.8 Å². The predicted octanol–water partition coefficient (Wildman–Crippen LogP) is 4.22. The first-order chi connectivity index (χ1) is 10.6. The Bertz CT molecular complexity index is 663. The summed E-state index contributed by atoms with van der Waals surface area (Å²) in [5, 5.41) is 7.50. The van der Waals surface area contributed by atoms with E-state index in [1.165, 1.54) is 17.3 Å². The number of anilines is 1. The first kappa shape index (κ1) is 20.8. The normalized spacial score (nSPS) is 17.2. The fourth-order valence-corrected chi connectivity index (χ4v) is 3.14. The number of piperidine rings is 1. The second kappa shape index (κ2) is 9.30. The smallest absolute Gasteiger partial charge is 0.241 e. The predicted molar refractivity (Wildman–Crippen MR) is 106 cm³/mol. The number of nitrogens with one attached hydrogen (secondary N) is 2. The van der Waals surface area contributed by atoms with Gasteiger partial charge < -0.3 is 15.2 Å². The number of fused-ring (bicyclic) bond motifs is 1. The maximum Gasteiger partial charge on any atom is 0.241 e. The van der Waals surface area contributed by atoms with Crippen LogP contribution in [-0.2, 0) is 11.3 Å². The summed E-state index contributed by atoms with van der Waals surface area (Å²) >= 11 is 0. The van der Waals surface area contributed by atoms with Crippen molar-refractivity contribution in [1.82, 2.24) is 9.88 Å². The summed E-state index contributed by atoms with van der Waals surface area (Å²) in [5.74, 6) is 0.702. The van der Waals surface area contributed by atoms with E-state index in [4.69, 9.17) is 0 Å². The molecule has 1 fully saturated rings. The molecule has 0 bridgehead atoms. The number of amides is 1. The summed E-state index contributed by atoms with van der Waals surface area (Å²) in [6.07, 6.45) is 5.35. The van der Waals surface area contributed by atoms with Crippen molar-refractivity contribution in [2.75, 3.05) is 11.9 Å². The van der Waals surface area contributed by atoms with Gasteiger partial charge in [0.1, 0.15) is 0 Å². The van der Waals surface area contributed by atoms with Crippen molar-refractivity contribution in [3.8, 4) is 0 Å². The van der Waals surface area contributed by atoms with Gasteiger partial charge in [0.15, 0.2) is 0 Å². The van der Waals surface area contributed by atoms with E-state index in [1.54, 1.807) is 0 Å². The van der Waals surface area contributed by atoms with E-state index in [1.807, 2.05) is 6.07 Å². The lowest BCUT2D eigenvalue weighted by atomic mass is 10.0. The third-order valence-electron chi connectivity index (χ3n) is 4.23. The van der Waals surface area contributed by atoms with Crippen LogP contribution in [0.4, 0.5) is 5.69 Å². The van der Waals surface area contributed by atoms with Gasteiger partial charge in [-0.3, -0.25) is 4.79 Å². The van der Waals surface area contributed by atoms with E-state index < -0.39 is 0 Å². The fraction of sp³-hybridized carbons (Fsp3) is 0.500. The van der Waals surface area contributed by atoms with Crippen molar-refractivity contribution < 1.29 is 4.79 Å². The Kier molecular flexibility index (Phi) is 8.07. The first-order valence-corrected chi connectivity index (χ1v) is 8.26. The van der Waals surface area contributed by atoms with Gasteiger partial charge >= 0.3 is 0 Å². The van der Waals surface area contributed by atoms with Gasteiger partial charge in [-0.15, -0.1) is 24.8 Å². The molecular weight excluding hydrogens is 345 g/mol. The molecule has 1 amide bonds. The topological polar surface area (TPSA) is 46.1 Å². The van der Waals surface area contributed by atoms with Crippen molar-refractivity contribution in [2.24, 2.45) is 5.92 Å². The molecule has 6 heteroatoms. The molecule has 1 aliphatic heterocycles. The van der Waals surface area contributed by atoms with Crippen molar-refractivity contribution in [1.29, 1.82) is 0 Å². The number of aromatic nitrogens is 1. The minimum absolute atomic E-state index is 0. The SMILES string of the molecule is CC(C)Cn1ccc2cc(NC(=O)[C@H]3CCCCN3)ccc21.Cl.Cl. The Morgan fingerprint density at radius 2 is 2.08 bits per heavy atom. The number of carbonyl (C=O) groups is 1. The summed E-state index contributed by atoms with van der Waals surface area (Å²) < 4.78 is 2.27. The zero-order chi connectivity index (χ0) is 15.5. The number of hydrogen-bond acceptors (Lipinski definition) is 2. The van der Waals surface area contributed by atoms with Gasteiger partial charge in [0, 0.05) is 29.3 Å². The third-order valence-corrected chi connectivity index (χ3v) is 4.23. The molecule has 0 saturated carbocycles. The molecule has 2 N–H and O–H groups in total. The van der Waals surface area contributed by atoms with Crippen LogP contribution < -0.4 is 10.6 Å². The Labute approximate surface area is 156 Å². The van der Waals surface area contributed by atoms with Gasteiger partial charge in [0.05, 0.1) is 6.04 Å². The van der Waals surface area contributed by atoms with Crippen molar-refractivity contribution in [2.45, 2.75) is 45.7 Å². The minimum atomic E-state index is -0.0463. The van der Waals surface area contributed by atoms with E-state index in [9.17, 15) is 4.79 Å². The Morgan fingerprint density at radius 1 is 1.29 bits per heavy atom. The molecule has 2 aromatic rings. The highest BCUT2D eigenvalue weighted by atomic mass is 35.5. The van der Waals surface area contributed by atoms with Gasteiger partial charge in [-0.1, -0.05) is 20.3 Å². The molecule has 1 atom stereocenters. The van der Waals surface area contributed by atoms with E-state index in [2.05, 4.69) is 53.4 Å². The number of carbonyl (C=O) groups excluding carboxylic acids is 1. The summed E-state index contributed by atoms with van der Waals surface area (Å²) in [5.41, 5.74) is 2.11. The zero-order valence-corrected chi connectivity index (χ0v) is 15.9. The maximum atomic E-state index is 12.3. The number of hydrogen-bond donors (Lipinski definition) is 2. The molecule has 2 heterocycles. The Balaban J connectivity index is 0.00000144. The summed E-state index contributed by atoms with van der Waals surface area (Å²) in [4.78, 5) is 12.3. The molecule has 134 valence electrons. The highest BCUT2D eigenvalue weighted by Gasteiger charge is 2.20. The molecule has 1 aromatic heterocycles. The van der Waals surface area contributed by atoms with Gasteiger partial charge in [-0.05, 0) is 49.6 Å². The number of benzene rings is 1. The number of rotatable bonds is 4. The van der Waals surface area contributed by atoms with Crippen LogP contribution in [0.15, 0.2) is 30.5 Å². The quantitative estimate of drug-likeness (QED) is 0.844. The molecule has 1 aromatic carbocycles. The van der Waals surface area contributed by atoms with Crippen LogP contribution in [0.25, 0.3) is 10.9 Å². The monoisotopic (exact) mass is 371 g/mol. The molecule has 1 saturated heterocycles. The third kappa shape index (κ3) is 4.88. The number of nitrogens with zero attached hydrogens (tertiary/aromatic N) is 1. The molecule has 1 aliphatic rings. The summed E-state index contributed by atoms with van der Waals surface area (Å²) in [7, 11) is 0. The van der Waals surface area contributed by atoms with Crippen molar-refractivity contribution in [3.63, 3.8) is 0 Å². The minimum Gasteiger partial charge on any atom is -0.347 e. The molecule has 0 unspecified atom stereocenters. The highest BCUT2D eigenvalue weighted by Crippen LogP contribution is 2.22. The van der Waals surface area contributed by atoms with Crippen molar-refractivity contribution in [3.05, 3.63) is 30.5 Å². The van der Waals surface area contributed by atoms with Gasteiger partial charge in [0.25, 0.3) is 0 Å². The molecular formula is C18H27Cl2N3O. The second-order valence-electron chi connectivity index (χ2n) is 6.63. The van der Waals surface area contributed by atoms with E-state index in [0.717, 1.165) is 31.6 Å². The molecule has 0 aliphatic carbocycles. The van der Waals surface area contributed by atoms with Gasteiger partial charge in [-0.25, -0.2) is 0 Å². The Hall–Kier alpha value is -1.23. The van der Waals surface area contributed by atoms with Crippen LogP contribution in [0.5, 0.6) is 0 Å². The van der Waals surface area contributed by atoms with Crippen LogP contribution in [0, 0.1) is 5.92 Å². The lowest BCUT2D eigenvalue weighted by Gasteiger charge is -2.22. The largest absolute Gasteiger partial charge is 0.347 e. The summed E-state index contributed by atoms with van der Waals surface area (Å²) in [6.45, 7) is 6.39. The number of halogens is 2. The van der Waals surface area contributed by atoms with E-state index >= 15 is 0 Å². The highest BCUT2D eigenvalue weighted by molar-refractivity contribution is 5.97. The van der Waals surface area contributed by atoms with Crippen LogP contribution in [0.1, 0.15) is 33.1 Å². The fourth-order valence-electron chi connectivity index (χ4n) is 3.14. The molecule has 0 spiro atoms. The standard InChI is InChI=1S/C18H25N3O.2ClH/c1-13(2)12-21-10-8-14-11-15(6-7-17(14)21)20-18(22)16-5-3-4-9-19-16;;/h6-8,10-11,13,16,19H,3-5,9,12H2,1-2H3,(H,20,22);2*1H/t16-;;/m1../s1. The van der Waals surface area contributed by atoms with Crippen molar-refractivity contribution >= 4 is 47.3 Å². The summed E-state index contributed by atoms with van der Waals surface area (Å²) in [6, 6.07) is 8.23. The molecule has 24 heavy (non-hydrogen) atoms. The van der Waals surface area contributed by atoms with Crippen LogP contribution in [0.2, 0.25) is 0 Å². The molecule has 0 radical (unpaired) electrons. The van der Waals surface area contributed by atoms with Crippen LogP contribution >= 0.6 is 24.8 Å². The lowest BCUT2D eigenvalue weighted by Crippen LogP contribution is -2.43. The maximum absolute atomic E-state index is 12.3. The van der Waals surface area contributed by atoms with Crippen LogP contribution in [0.3, 0.4) is 0 Å². The van der Waals surface area contributed by atoms with Crippen LogP contribution in [-0.4, -0.2) is 23.1 Å². The average molecular weight is 372 g/mol. The lowest BCUT2D eigenvalue weighted by molar-refractivity contribution is -0.118.